The van der Waals surface area contributed by atoms with Gasteiger partial charge in [-0.15, -0.1) is 0 Å². The number of carbonyl (C=O) groups excluding carboxylic acids is 1. The van der Waals surface area contributed by atoms with Gasteiger partial charge in [-0.3, -0.25) is 4.79 Å². The number of amides is 1. The van der Waals surface area contributed by atoms with E-state index in [1.807, 2.05) is 6.92 Å². The van der Waals surface area contributed by atoms with Crippen LogP contribution in [-0.4, -0.2) is 11.9 Å². The van der Waals surface area contributed by atoms with Crippen LogP contribution in [0.4, 0.5) is 10.1 Å². The Morgan fingerprint density at radius 1 is 1.32 bits per heavy atom. The van der Waals surface area contributed by atoms with Crippen molar-refractivity contribution in [2.75, 3.05) is 5.32 Å². The number of halogens is 1. The molecule has 1 aromatic rings. The number of benzene rings is 1. The lowest BCUT2D eigenvalue weighted by molar-refractivity contribution is -0.121. The zero-order chi connectivity index (χ0) is 13.6. The van der Waals surface area contributed by atoms with Crippen LogP contribution in [0.15, 0.2) is 18.2 Å². The molecule has 102 valence electrons. The summed E-state index contributed by atoms with van der Waals surface area (Å²) in [5.41, 5.74) is 7.47. The number of rotatable bonds is 2. The Morgan fingerprint density at radius 3 is 2.68 bits per heavy atom. The summed E-state index contributed by atoms with van der Waals surface area (Å²) in [4.78, 5) is 12.3. The summed E-state index contributed by atoms with van der Waals surface area (Å²) >= 11 is 0. The molecule has 0 radical (unpaired) electrons. The molecule has 0 aliphatic heterocycles. The van der Waals surface area contributed by atoms with Crippen molar-refractivity contribution in [3.63, 3.8) is 0 Å². The van der Waals surface area contributed by atoms with E-state index in [-0.39, 0.29) is 23.7 Å². The highest BCUT2D eigenvalue weighted by molar-refractivity contribution is 5.93. The molecule has 3 N–H and O–H groups in total. The maximum Gasteiger partial charge on any atom is 0.229 e. The van der Waals surface area contributed by atoms with Gasteiger partial charge < -0.3 is 11.1 Å². The van der Waals surface area contributed by atoms with E-state index in [1.165, 1.54) is 12.1 Å². The van der Waals surface area contributed by atoms with E-state index in [2.05, 4.69) is 5.32 Å². The molecular formula is C15H19FN2O. The Hall–Kier alpha value is -1.42. The minimum absolute atomic E-state index is 0.0339. The molecule has 2 fully saturated rings. The third-order valence-electron chi connectivity index (χ3n) is 4.59. The first kappa shape index (κ1) is 12.6. The minimum atomic E-state index is -0.326. The SMILES string of the molecule is Cc1cc(F)cc(NC(=O)C2C3CCC(C3)C2N)c1. The van der Waals surface area contributed by atoms with Crippen molar-refractivity contribution in [2.24, 2.45) is 23.5 Å². The largest absolute Gasteiger partial charge is 0.327 e. The Labute approximate surface area is 112 Å². The summed E-state index contributed by atoms with van der Waals surface area (Å²) in [6.07, 6.45) is 3.31. The van der Waals surface area contributed by atoms with Gasteiger partial charge in [-0.05, 0) is 61.8 Å². The van der Waals surface area contributed by atoms with Gasteiger partial charge in [0.25, 0.3) is 0 Å². The van der Waals surface area contributed by atoms with E-state index in [0.717, 1.165) is 24.8 Å². The molecule has 2 bridgehead atoms. The lowest BCUT2D eigenvalue weighted by Gasteiger charge is -2.27. The number of nitrogens with two attached hydrogens (primary N) is 1. The molecule has 0 spiro atoms. The molecule has 4 atom stereocenters. The maximum absolute atomic E-state index is 13.3. The molecule has 2 saturated carbocycles. The monoisotopic (exact) mass is 262 g/mol. The first-order valence-corrected chi connectivity index (χ1v) is 6.88. The van der Waals surface area contributed by atoms with Crippen molar-refractivity contribution in [3.05, 3.63) is 29.6 Å². The van der Waals surface area contributed by atoms with Crippen molar-refractivity contribution in [1.82, 2.24) is 0 Å². The molecule has 0 aromatic heterocycles. The average molecular weight is 262 g/mol. The van der Waals surface area contributed by atoms with Crippen LogP contribution >= 0.6 is 0 Å². The molecule has 4 unspecified atom stereocenters. The van der Waals surface area contributed by atoms with Gasteiger partial charge >= 0.3 is 0 Å². The summed E-state index contributed by atoms with van der Waals surface area (Å²) in [6.45, 7) is 1.81. The topological polar surface area (TPSA) is 55.1 Å². The Bertz CT molecular complexity index is 495. The number of nitrogens with one attached hydrogen (secondary N) is 1. The Balaban J connectivity index is 1.75. The second-order valence-corrected chi connectivity index (χ2v) is 5.94. The van der Waals surface area contributed by atoms with Gasteiger partial charge in [0, 0.05) is 11.7 Å². The van der Waals surface area contributed by atoms with Gasteiger partial charge in [-0.2, -0.15) is 0 Å². The lowest BCUT2D eigenvalue weighted by Crippen LogP contribution is -2.42. The summed E-state index contributed by atoms with van der Waals surface area (Å²) in [5, 5.41) is 2.82. The molecule has 3 rings (SSSR count). The number of aryl methyl sites for hydroxylation is 1. The zero-order valence-corrected chi connectivity index (χ0v) is 11.0. The molecule has 2 aliphatic rings. The number of carbonyl (C=O) groups is 1. The summed E-state index contributed by atoms with van der Waals surface area (Å²) < 4.78 is 13.3. The predicted molar refractivity (Wildman–Crippen MR) is 72.1 cm³/mol. The van der Waals surface area contributed by atoms with Gasteiger partial charge in [0.2, 0.25) is 5.91 Å². The van der Waals surface area contributed by atoms with Crippen LogP contribution in [-0.2, 0) is 4.79 Å². The standard InChI is InChI=1S/C15H19FN2O/c1-8-4-11(16)7-12(5-8)18-15(19)13-9-2-3-10(6-9)14(13)17/h4-5,7,9-10,13-14H,2-3,6,17H2,1H3,(H,18,19). The van der Waals surface area contributed by atoms with E-state index in [1.54, 1.807) is 6.07 Å². The van der Waals surface area contributed by atoms with Gasteiger partial charge in [0.15, 0.2) is 0 Å². The lowest BCUT2D eigenvalue weighted by atomic mass is 9.84. The predicted octanol–water partition coefficient (Wildman–Crippen LogP) is 2.45. The van der Waals surface area contributed by atoms with Crippen LogP contribution in [0, 0.1) is 30.5 Å². The van der Waals surface area contributed by atoms with Crippen LogP contribution in [0.25, 0.3) is 0 Å². The van der Waals surface area contributed by atoms with E-state index in [9.17, 15) is 9.18 Å². The maximum atomic E-state index is 13.3. The second kappa shape index (κ2) is 4.60. The third-order valence-corrected chi connectivity index (χ3v) is 4.59. The van der Waals surface area contributed by atoms with Crippen LogP contribution in [0.5, 0.6) is 0 Å². The smallest absolute Gasteiger partial charge is 0.229 e. The van der Waals surface area contributed by atoms with Crippen molar-refractivity contribution in [3.8, 4) is 0 Å². The zero-order valence-electron chi connectivity index (χ0n) is 11.0. The fraction of sp³-hybridized carbons (Fsp3) is 0.533. The summed E-state index contributed by atoms with van der Waals surface area (Å²) in [7, 11) is 0. The van der Waals surface area contributed by atoms with E-state index in [4.69, 9.17) is 5.73 Å². The van der Waals surface area contributed by atoms with E-state index in [0.29, 0.717) is 17.5 Å². The normalized spacial score (nSPS) is 32.6. The van der Waals surface area contributed by atoms with Crippen molar-refractivity contribution in [1.29, 1.82) is 0 Å². The highest BCUT2D eigenvalue weighted by Crippen LogP contribution is 2.47. The highest BCUT2D eigenvalue weighted by atomic mass is 19.1. The Kier molecular flexibility index (Phi) is 3.05. The van der Waals surface area contributed by atoms with Crippen molar-refractivity contribution in [2.45, 2.75) is 32.2 Å². The van der Waals surface area contributed by atoms with Crippen LogP contribution in [0.3, 0.4) is 0 Å². The van der Waals surface area contributed by atoms with E-state index < -0.39 is 0 Å². The molecule has 0 saturated heterocycles. The Morgan fingerprint density at radius 2 is 2.05 bits per heavy atom. The summed E-state index contributed by atoms with van der Waals surface area (Å²) in [6, 6.07) is 4.54. The fourth-order valence-corrected chi connectivity index (χ4v) is 3.76. The molecule has 3 nitrogen and oxygen atoms in total. The van der Waals surface area contributed by atoms with Crippen molar-refractivity contribution >= 4 is 11.6 Å². The van der Waals surface area contributed by atoms with Gasteiger partial charge in [-0.1, -0.05) is 0 Å². The third kappa shape index (κ3) is 2.25. The molecule has 1 amide bonds. The number of fused-ring (bicyclic) bond motifs is 2. The van der Waals surface area contributed by atoms with Gasteiger partial charge in [0.05, 0.1) is 5.92 Å². The van der Waals surface area contributed by atoms with Crippen LogP contribution in [0.1, 0.15) is 24.8 Å². The van der Waals surface area contributed by atoms with Gasteiger partial charge in [-0.25, -0.2) is 4.39 Å². The van der Waals surface area contributed by atoms with Crippen molar-refractivity contribution < 1.29 is 9.18 Å². The summed E-state index contributed by atoms with van der Waals surface area (Å²) in [5.74, 6) is 0.421. The number of hydrogen-bond donors (Lipinski definition) is 2. The average Bonchev–Trinajstić information content (AvgIpc) is 2.87. The molecule has 19 heavy (non-hydrogen) atoms. The highest BCUT2D eigenvalue weighted by Gasteiger charge is 2.49. The fourth-order valence-electron chi connectivity index (χ4n) is 3.76. The molecule has 2 aliphatic carbocycles. The molecule has 4 heteroatoms. The number of anilines is 1. The quantitative estimate of drug-likeness (QED) is 0.860. The van der Waals surface area contributed by atoms with Crippen LogP contribution in [0.2, 0.25) is 0 Å². The molecular weight excluding hydrogens is 243 g/mol. The first-order valence-electron chi connectivity index (χ1n) is 6.88. The van der Waals surface area contributed by atoms with E-state index >= 15 is 0 Å². The van der Waals surface area contributed by atoms with Gasteiger partial charge in [0.1, 0.15) is 5.82 Å². The first-order chi connectivity index (χ1) is 9.04. The second-order valence-electron chi connectivity index (χ2n) is 5.94. The molecule has 0 heterocycles. The van der Waals surface area contributed by atoms with Crippen LogP contribution < -0.4 is 11.1 Å². The molecule has 1 aromatic carbocycles. The minimum Gasteiger partial charge on any atom is -0.327 e. The number of hydrogen-bond acceptors (Lipinski definition) is 2.